The van der Waals surface area contributed by atoms with Crippen molar-refractivity contribution in [1.82, 2.24) is 0 Å². The second-order valence-electron chi connectivity index (χ2n) is 23.7. The van der Waals surface area contributed by atoms with Crippen LogP contribution in [-0.2, 0) is 10.8 Å². The number of hydrogen-bond acceptors (Lipinski definition) is 1. The van der Waals surface area contributed by atoms with E-state index < -0.39 is 0 Å². The molecular weight excluding hydrogens is 855 g/mol. The first-order valence-electron chi connectivity index (χ1n) is 27.4. The van der Waals surface area contributed by atoms with Crippen LogP contribution < -0.4 is 4.90 Å². The van der Waals surface area contributed by atoms with Crippen LogP contribution in [0.15, 0.2) is 188 Å². The maximum Gasteiger partial charge on any atom is 0.0468 e. The van der Waals surface area contributed by atoms with E-state index in [4.69, 9.17) is 0 Å². The molecule has 14 rings (SSSR count). The number of benzene rings is 8. The van der Waals surface area contributed by atoms with E-state index in [1.54, 1.807) is 22.3 Å². The lowest BCUT2D eigenvalue weighted by Gasteiger charge is -2.54. The van der Waals surface area contributed by atoms with Crippen molar-refractivity contribution in [2.24, 2.45) is 47.3 Å². The van der Waals surface area contributed by atoms with Gasteiger partial charge >= 0.3 is 0 Å². The molecule has 0 radical (unpaired) electrons. The van der Waals surface area contributed by atoms with Crippen molar-refractivity contribution in [3.05, 3.63) is 210 Å². The van der Waals surface area contributed by atoms with Crippen LogP contribution in [-0.4, -0.2) is 0 Å². The Bertz CT molecular complexity index is 3320. The van der Waals surface area contributed by atoms with Crippen LogP contribution in [0.25, 0.3) is 55.6 Å². The quantitative estimate of drug-likeness (QED) is 0.161. The highest BCUT2D eigenvalue weighted by Gasteiger charge is 2.58. The minimum absolute atomic E-state index is 0.0749. The molecule has 4 fully saturated rings. The zero-order valence-corrected chi connectivity index (χ0v) is 42.1. The van der Waals surface area contributed by atoms with E-state index in [1.807, 2.05) is 0 Å². The van der Waals surface area contributed by atoms with Gasteiger partial charge in [-0.05, 0) is 219 Å². The summed E-state index contributed by atoms with van der Waals surface area (Å²) in [5.41, 5.74) is 23.4. The number of fused-ring (bicyclic) bond motifs is 16. The van der Waals surface area contributed by atoms with Crippen LogP contribution >= 0.6 is 0 Å². The van der Waals surface area contributed by atoms with Gasteiger partial charge in [0.2, 0.25) is 0 Å². The van der Waals surface area contributed by atoms with Crippen molar-refractivity contribution >= 4 is 17.1 Å². The van der Waals surface area contributed by atoms with E-state index in [-0.39, 0.29) is 10.8 Å². The molecule has 8 aromatic carbocycles. The molecule has 8 aromatic rings. The molecule has 6 aliphatic carbocycles. The SMILES string of the molecule is C[C@@H]1CC2C[C@@H](C1)[C@@]1(c3ccccc3-c3cc(N(c4ccc(-c5ccc(-c6ccc7c(c6)-c6ccccc6[C@]76[C@H]7CC(C[C@@H](C)C7)C[C@@H]6C)cc5)cc4)c4cccc(-c5ccccc5)c4)ccc31)[C@@H](C)C2. The maximum absolute atomic E-state index is 2.58. The molecule has 0 N–H and O–H groups in total. The van der Waals surface area contributed by atoms with Gasteiger partial charge in [0.1, 0.15) is 0 Å². The van der Waals surface area contributed by atoms with Crippen LogP contribution in [0, 0.1) is 47.3 Å². The van der Waals surface area contributed by atoms with Gasteiger partial charge in [-0.3, -0.25) is 0 Å². The highest BCUT2D eigenvalue weighted by Crippen LogP contribution is 2.66. The predicted octanol–water partition coefficient (Wildman–Crippen LogP) is 18.9. The third-order valence-electron chi connectivity index (χ3n) is 19.7. The summed E-state index contributed by atoms with van der Waals surface area (Å²) in [6.45, 7) is 10.2. The second kappa shape index (κ2) is 16.6. The number of nitrogens with zero attached hydrogens (tertiary/aromatic N) is 1. The normalized spacial score (nSPS) is 28.5. The molecule has 0 heterocycles. The molecule has 4 saturated carbocycles. The standard InChI is InChI=1S/C70H67N/c1-44-33-48-37-46(3)69(56(35-44)39-48)65-19-10-8-17-61(65)63-42-55(27-31-67(63)69)53-23-21-51(22-24-53)52-25-28-58(29-26-52)71(59-16-12-15-54(41-59)50-13-6-5-7-14-50)60-30-32-68-64(43-60)62-18-9-11-20-66(62)70(68)47(4)38-49-34-45(2)36-57(70)40-49/h5-32,41-49,56-57H,33-40H2,1-4H3/t44-,45-,46+,47+,48?,49?,56-,57-,69+,70-/m1/s1. The number of hydrogen-bond donors (Lipinski definition) is 0. The molecule has 10 atom stereocenters. The lowest BCUT2D eigenvalue weighted by Crippen LogP contribution is -2.49. The van der Waals surface area contributed by atoms with Crippen LogP contribution in [0.3, 0.4) is 0 Å². The van der Waals surface area contributed by atoms with E-state index in [9.17, 15) is 0 Å². The van der Waals surface area contributed by atoms with Gasteiger partial charge in [0, 0.05) is 27.9 Å². The number of rotatable bonds is 6. The Morgan fingerprint density at radius 3 is 1.34 bits per heavy atom. The molecule has 2 unspecified atom stereocenters. The van der Waals surface area contributed by atoms with Gasteiger partial charge in [0.25, 0.3) is 0 Å². The molecule has 1 heteroatoms. The van der Waals surface area contributed by atoms with Crippen LogP contribution in [0.1, 0.15) is 101 Å². The zero-order chi connectivity index (χ0) is 47.6. The van der Waals surface area contributed by atoms with Gasteiger partial charge < -0.3 is 4.90 Å². The summed E-state index contributed by atoms with van der Waals surface area (Å²) in [6, 6.07) is 72.6. The van der Waals surface area contributed by atoms with E-state index in [2.05, 4.69) is 221 Å². The number of anilines is 3. The van der Waals surface area contributed by atoms with Crippen LogP contribution in [0.4, 0.5) is 17.1 Å². The Labute approximate surface area is 423 Å². The Kier molecular flexibility index (Phi) is 10.1. The smallest absolute Gasteiger partial charge is 0.0468 e. The molecular formula is C70H67N. The summed E-state index contributed by atoms with van der Waals surface area (Å²) in [5, 5.41) is 0. The Morgan fingerprint density at radius 1 is 0.310 bits per heavy atom. The van der Waals surface area contributed by atoms with E-state index in [1.165, 1.54) is 113 Å². The van der Waals surface area contributed by atoms with Crippen molar-refractivity contribution in [2.45, 2.75) is 89.9 Å². The third kappa shape index (κ3) is 6.56. The van der Waals surface area contributed by atoms with Crippen molar-refractivity contribution in [3.8, 4) is 55.6 Å². The third-order valence-corrected chi connectivity index (χ3v) is 19.7. The highest BCUT2D eigenvalue weighted by molar-refractivity contribution is 5.89. The molecule has 0 aliphatic heterocycles. The van der Waals surface area contributed by atoms with Gasteiger partial charge in [-0.25, -0.2) is 0 Å². The fraction of sp³-hybridized carbons (Fsp3) is 0.314. The first kappa shape index (κ1) is 43.4. The predicted molar refractivity (Wildman–Crippen MR) is 297 cm³/mol. The minimum atomic E-state index is 0.0749. The van der Waals surface area contributed by atoms with Gasteiger partial charge in [-0.1, -0.05) is 173 Å². The summed E-state index contributed by atoms with van der Waals surface area (Å²) in [4.78, 5) is 2.49. The molecule has 6 aliphatic rings. The van der Waals surface area contributed by atoms with Crippen molar-refractivity contribution in [3.63, 3.8) is 0 Å². The fourth-order valence-electron chi connectivity index (χ4n) is 17.3. The zero-order valence-electron chi connectivity index (χ0n) is 42.1. The summed E-state index contributed by atoms with van der Waals surface area (Å²) in [6.07, 6.45) is 10.9. The molecule has 0 aromatic heterocycles. The summed E-state index contributed by atoms with van der Waals surface area (Å²) in [5.74, 6) is 6.01. The topological polar surface area (TPSA) is 3.24 Å². The first-order valence-corrected chi connectivity index (χ1v) is 27.4. The summed E-state index contributed by atoms with van der Waals surface area (Å²) >= 11 is 0. The van der Waals surface area contributed by atoms with E-state index in [0.717, 1.165) is 41.0 Å². The molecule has 352 valence electrons. The van der Waals surface area contributed by atoms with Crippen molar-refractivity contribution in [1.29, 1.82) is 0 Å². The van der Waals surface area contributed by atoms with Crippen LogP contribution in [0.5, 0.6) is 0 Å². The van der Waals surface area contributed by atoms with Crippen molar-refractivity contribution in [2.75, 3.05) is 4.90 Å². The van der Waals surface area contributed by atoms with Gasteiger partial charge in [-0.15, -0.1) is 0 Å². The van der Waals surface area contributed by atoms with Gasteiger partial charge in [-0.2, -0.15) is 0 Å². The second-order valence-corrected chi connectivity index (χ2v) is 23.7. The van der Waals surface area contributed by atoms with E-state index >= 15 is 0 Å². The Morgan fingerprint density at radius 2 is 0.732 bits per heavy atom. The maximum atomic E-state index is 2.58. The minimum Gasteiger partial charge on any atom is -0.310 e. The Hall–Kier alpha value is -6.44. The lowest BCUT2D eigenvalue weighted by molar-refractivity contribution is 0.0425. The highest BCUT2D eigenvalue weighted by atomic mass is 15.1. The molecule has 0 saturated heterocycles. The summed E-state index contributed by atoms with van der Waals surface area (Å²) < 4.78 is 0. The first-order chi connectivity index (χ1) is 34.8. The molecule has 4 bridgehead atoms. The molecule has 0 amide bonds. The Balaban J connectivity index is 0.814. The van der Waals surface area contributed by atoms with Crippen LogP contribution in [0.2, 0.25) is 0 Å². The monoisotopic (exact) mass is 922 g/mol. The van der Waals surface area contributed by atoms with Gasteiger partial charge in [0.15, 0.2) is 0 Å². The van der Waals surface area contributed by atoms with Crippen molar-refractivity contribution < 1.29 is 0 Å². The molecule has 2 spiro atoms. The fourth-order valence-corrected chi connectivity index (χ4v) is 17.3. The summed E-state index contributed by atoms with van der Waals surface area (Å²) in [7, 11) is 0. The molecule has 1 nitrogen and oxygen atoms in total. The largest absolute Gasteiger partial charge is 0.310 e. The van der Waals surface area contributed by atoms with E-state index in [0.29, 0.717) is 17.8 Å². The van der Waals surface area contributed by atoms with Gasteiger partial charge in [0.05, 0.1) is 0 Å². The molecule has 71 heavy (non-hydrogen) atoms. The average molecular weight is 922 g/mol. The lowest BCUT2D eigenvalue weighted by atomic mass is 9.49. The average Bonchev–Trinajstić information content (AvgIpc) is 3.86.